The van der Waals surface area contributed by atoms with E-state index in [4.69, 9.17) is 0 Å². The van der Waals surface area contributed by atoms with Gasteiger partial charge < -0.3 is 0 Å². The fourth-order valence-electron chi connectivity index (χ4n) is 0.385. The highest BCUT2D eigenvalue weighted by atomic mass is 13.8. The Morgan fingerprint density at radius 3 is 1.50 bits per heavy atom. The van der Waals surface area contributed by atoms with Crippen LogP contribution in [-0.4, -0.2) is 0 Å². The molecular weight excluding hydrogens is 96.1 g/mol. The molecule has 0 aliphatic carbocycles. The predicted molar refractivity (Wildman–Crippen MR) is 41.0 cm³/mol. The van der Waals surface area contributed by atoms with Crippen LogP contribution in [0, 0.1) is 5.92 Å². The normalized spacial score (nSPS) is 9.25. The van der Waals surface area contributed by atoms with Crippen LogP contribution in [0.4, 0.5) is 0 Å². The van der Waals surface area contributed by atoms with Crippen molar-refractivity contribution >= 4 is 0 Å². The van der Waals surface area contributed by atoms with Crippen molar-refractivity contribution in [1.29, 1.82) is 0 Å². The van der Waals surface area contributed by atoms with Gasteiger partial charge in [-0.3, -0.25) is 0 Å². The standard InChI is InChI=1S/C6H12.C2H6/c1-4-5-6(2)3;1-2/h4-6H,1-3H3;1-2H3/b5-4+;. The van der Waals surface area contributed by atoms with Gasteiger partial charge in [0.25, 0.3) is 0 Å². The van der Waals surface area contributed by atoms with E-state index < -0.39 is 0 Å². The van der Waals surface area contributed by atoms with Crippen LogP contribution >= 0.6 is 0 Å². The molecule has 0 heteroatoms. The minimum Gasteiger partial charge on any atom is -0.0914 e. The van der Waals surface area contributed by atoms with Crippen LogP contribution in [0.1, 0.15) is 34.6 Å². The Morgan fingerprint density at radius 2 is 1.50 bits per heavy atom. The van der Waals surface area contributed by atoms with Gasteiger partial charge in [-0.1, -0.05) is 39.8 Å². The fourth-order valence-corrected chi connectivity index (χ4v) is 0.385. The number of hydrogen-bond acceptors (Lipinski definition) is 0. The van der Waals surface area contributed by atoms with Crippen molar-refractivity contribution in [3.63, 3.8) is 0 Å². The Bertz CT molecular complexity index is 42.0. The smallest absolute Gasteiger partial charge is 0.0291 e. The maximum absolute atomic E-state index is 2.17. The van der Waals surface area contributed by atoms with E-state index >= 15 is 0 Å². The van der Waals surface area contributed by atoms with E-state index in [2.05, 4.69) is 26.0 Å². The van der Waals surface area contributed by atoms with Crippen LogP contribution in [0.3, 0.4) is 0 Å². The molecule has 0 heterocycles. The minimum atomic E-state index is 0.718. The van der Waals surface area contributed by atoms with Gasteiger partial charge in [-0.15, -0.1) is 0 Å². The first-order chi connectivity index (χ1) is 3.77. The monoisotopic (exact) mass is 114 g/mol. The Labute approximate surface area is 53.6 Å². The Kier molecular flexibility index (Phi) is 13.2. The summed E-state index contributed by atoms with van der Waals surface area (Å²) in [6.45, 7) is 10.4. The zero-order valence-electron chi connectivity index (χ0n) is 6.73. The van der Waals surface area contributed by atoms with Gasteiger partial charge in [0.15, 0.2) is 0 Å². The molecule has 0 saturated heterocycles. The van der Waals surface area contributed by atoms with Crippen LogP contribution in [0.2, 0.25) is 0 Å². The molecule has 50 valence electrons. The average molecular weight is 114 g/mol. The van der Waals surface area contributed by atoms with Gasteiger partial charge >= 0.3 is 0 Å². The van der Waals surface area contributed by atoms with Gasteiger partial charge in [-0.2, -0.15) is 0 Å². The van der Waals surface area contributed by atoms with E-state index in [1.807, 2.05) is 20.8 Å². The maximum atomic E-state index is 2.17. The zero-order chi connectivity index (χ0) is 6.99. The Balaban J connectivity index is 0. The molecule has 0 aromatic rings. The van der Waals surface area contributed by atoms with Crippen molar-refractivity contribution in [2.45, 2.75) is 34.6 Å². The summed E-state index contributed by atoms with van der Waals surface area (Å²) in [5.74, 6) is 0.718. The van der Waals surface area contributed by atoms with Crippen LogP contribution in [0.15, 0.2) is 12.2 Å². The maximum Gasteiger partial charge on any atom is -0.0291 e. The lowest BCUT2D eigenvalue weighted by atomic mass is 10.2. The summed E-state index contributed by atoms with van der Waals surface area (Å²) < 4.78 is 0. The molecule has 0 saturated carbocycles. The topological polar surface area (TPSA) is 0 Å². The molecule has 0 bridgehead atoms. The second kappa shape index (κ2) is 9.88. The van der Waals surface area contributed by atoms with Gasteiger partial charge in [0, 0.05) is 0 Å². The molecule has 0 atom stereocenters. The number of rotatable bonds is 1. The van der Waals surface area contributed by atoms with E-state index in [-0.39, 0.29) is 0 Å². The molecule has 0 nitrogen and oxygen atoms in total. The van der Waals surface area contributed by atoms with Crippen molar-refractivity contribution in [2.75, 3.05) is 0 Å². The molecule has 0 aliphatic heterocycles. The molecule has 0 unspecified atom stereocenters. The first-order valence-corrected chi connectivity index (χ1v) is 3.40. The van der Waals surface area contributed by atoms with Gasteiger partial charge in [0.1, 0.15) is 0 Å². The second-order valence-electron chi connectivity index (χ2n) is 1.77. The van der Waals surface area contributed by atoms with Crippen molar-refractivity contribution in [1.82, 2.24) is 0 Å². The predicted octanol–water partition coefficient (Wildman–Crippen LogP) is 3.24. The quantitative estimate of drug-likeness (QED) is 0.459. The third-order valence-electron chi connectivity index (χ3n) is 0.577. The third kappa shape index (κ3) is 17.2. The first kappa shape index (κ1) is 10.7. The molecule has 8 heavy (non-hydrogen) atoms. The van der Waals surface area contributed by atoms with Crippen molar-refractivity contribution in [3.8, 4) is 0 Å². The SMILES string of the molecule is C/C=C/C(C)C.CC. The molecule has 0 amide bonds. The van der Waals surface area contributed by atoms with Crippen LogP contribution in [-0.2, 0) is 0 Å². The molecule has 0 radical (unpaired) electrons. The summed E-state index contributed by atoms with van der Waals surface area (Å²) in [5, 5.41) is 0. The summed E-state index contributed by atoms with van der Waals surface area (Å²) >= 11 is 0. The fraction of sp³-hybridized carbons (Fsp3) is 0.750. The zero-order valence-corrected chi connectivity index (χ0v) is 6.73. The molecule has 0 rings (SSSR count). The van der Waals surface area contributed by atoms with Crippen LogP contribution in [0.25, 0.3) is 0 Å². The molecule has 0 N–H and O–H groups in total. The lowest BCUT2D eigenvalue weighted by Gasteiger charge is -1.86. The third-order valence-corrected chi connectivity index (χ3v) is 0.577. The summed E-state index contributed by atoms with van der Waals surface area (Å²) in [6, 6.07) is 0. The minimum absolute atomic E-state index is 0.718. The summed E-state index contributed by atoms with van der Waals surface area (Å²) in [7, 11) is 0. The summed E-state index contributed by atoms with van der Waals surface area (Å²) in [6.07, 6.45) is 4.24. The summed E-state index contributed by atoms with van der Waals surface area (Å²) in [4.78, 5) is 0. The first-order valence-electron chi connectivity index (χ1n) is 3.40. The number of allylic oxidation sites excluding steroid dienone is 2. The molecule has 0 aromatic carbocycles. The molecular formula is C8H18. The Hall–Kier alpha value is -0.260. The second-order valence-corrected chi connectivity index (χ2v) is 1.77. The van der Waals surface area contributed by atoms with E-state index in [9.17, 15) is 0 Å². The Morgan fingerprint density at radius 1 is 1.12 bits per heavy atom. The highest BCUT2D eigenvalue weighted by molar-refractivity contribution is 4.79. The summed E-state index contributed by atoms with van der Waals surface area (Å²) in [5.41, 5.74) is 0. The van der Waals surface area contributed by atoms with Crippen LogP contribution in [0.5, 0.6) is 0 Å². The molecule has 0 spiro atoms. The van der Waals surface area contributed by atoms with E-state index in [1.165, 1.54) is 0 Å². The molecule has 0 aliphatic rings. The lowest BCUT2D eigenvalue weighted by molar-refractivity contribution is 0.830. The average Bonchev–Trinajstić information content (AvgIpc) is 1.72. The highest BCUT2D eigenvalue weighted by Crippen LogP contribution is 1.90. The highest BCUT2D eigenvalue weighted by Gasteiger charge is 1.76. The van der Waals surface area contributed by atoms with Crippen molar-refractivity contribution < 1.29 is 0 Å². The van der Waals surface area contributed by atoms with Crippen LogP contribution < -0.4 is 0 Å². The van der Waals surface area contributed by atoms with E-state index in [0.717, 1.165) is 5.92 Å². The van der Waals surface area contributed by atoms with Gasteiger partial charge in [0.05, 0.1) is 0 Å². The van der Waals surface area contributed by atoms with Crippen molar-refractivity contribution in [3.05, 3.63) is 12.2 Å². The number of hydrogen-bond donors (Lipinski definition) is 0. The lowest BCUT2D eigenvalue weighted by Crippen LogP contribution is -1.73. The van der Waals surface area contributed by atoms with Gasteiger partial charge in [0.2, 0.25) is 0 Å². The molecule has 0 fully saturated rings. The van der Waals surface area contributed by atoms with Gasteiger partial charge in [-0.05, 0) is 12.8 Å². The van der Waals surface area contributed by atoms with E-state index in [1.54, 1.807) is 0 Å². The van der Waals surface area contributed by atoms with E-state index in [0.29, 0.717) is 0 Å². The molecule has 0 aromatic heterocycles. The van der Waals surface area contributed by atoms with Crippen molar-refractivity contribution in [2.24, 2.45) is 5.92 Å². The largest absolute Gasteiger partial charge is 0.0914 e. The van der Waals surface area contributed by atoms with Gasteiger partial charge in [-0.25, -0.2) is 0 Å².